The molecule has 1 amide bonds. The highest BCUT2D eigenvalue weighted by Crippen LogP contribution is 2.09. The fraction of sp³-hybridized carbons (Fsp3) is 0.800. The average molecular weight is 265 g/mol. The number of carbonyl (C=O) groups excluding carboxylic acids is 1. The molecule has 0 heterocycles. The van der Waals surface area contributed by atoms with Crippen molar-refractivity contribution in [2.45, 2.75) is 38.5 Å². The number of aliphatic hydroxyl groups is 1. The highest BCUT2D eigenvalue weighted by atomic mass is 32.2. The van der Waals surface area contributed by atoms with Crippen LogP contribution in [0, 0.1) is 0 Å². The summed E-state index contributed by atoms with van der Waals surface area (Å²) in [6.45, 7) is 5.09. The molecule has 0 bridgehead atoms. The lowest BCUT2D eigenvalue weighted by Gasteiger charge is -2.24. The fourth-order valence-corrected chi connectivity index (χ4v) is 1.65. The van der Waals surface area contributed by atoms with Crippen molar-refractivity contribution in [1.82, 2.24) is 5.32 Å². The van der Waals surface area contributed by atoms with Crippen LogP contribution in [0.4, 0.5) is 4.79 Å². The molecular formula is C10H19NO5S. The van der Waals surface area contributed by atoms with E-state index in [4.69, 9.17) is 9.84 Å². The zero-order chi connectivity index (χ0) is 13.6. The van der Waals surface area contributed by atoms with Gasteiger partial charge in [0.15, 0.2) is 6.10 Å². The molecular weight excluding hydrogens is 246 g/mol. The summed E-state index contributed by atoms with van der Waals surface area (Å²) in [6, 6.07) is -0.877. The third-order valence-electron chi connectivity index (χ3n) is 1.68. The number of hydrogen-bond donors (Lipinski definition) is 3. The maximum Gasteiger partial charge on any atom is 0.408 e. The summed E-state index contributed by atoms with van der Waals surface area (Å²) in [5, 5.41) is 20.4. The van der Waals surface area contributed by atoms with Gasteiger partial charge in [0.1, 0.15) is 5.60 Å². The van der Waals surface area contributed by atoms with Crippen molar-refractivity contribution in [1.29, 1.82) is 0 Å². The largest absolute Gasteiger partial charge is 0.479 e. The summed E-state index contributed by atoms with van der Waals surface area (Å²) in [6.07, 6.45) is -0.634. The SMILES string of the molecule is CSC[C@H](NC(=O)OC(C)(C)C)C(O)C(=O)O. The first-order valence-electron chi connectivity index (χ1n) is 5.06. The molecule has 0 spiro atoms. The van der Waals surface area contributed by atoms with Gasteiger partial charge in [0.05, 0.1) is 6.04 Å². The molecule has 0 aromatic heterocycles. The van der Waals surface area contributed by atoms with E-state index in [0.717, 1.165) is 0 Å². The van der Waals surface area contributed by atoms with Crippen LogP contribution in [0.3, 0.4) is 0 Å². The minimum Gasteiger partial charge on any atom is -0.479 e. The molecule has 0 aliphatic rings. The predicted octanol–water partition coefficient (Wildman–Crippen LogP) is 0.688. The number of thioether (sulfide) groups is 1. The van der Waals surface area contributed by atoms with E-state index in [-0.39, 0.29) is 5.75 Å². The van der Waals surface area contributed by atoms with Gasteiger partial charge in [0.25, 0.3) is 0 Å². The Morgan fingerprint density at radius 1 is 1.41 bits per heavy atom. The van der Waals surface area contributed by atoms with Crippen molar-refractivity contribution >= 4 is 23.8 Å². The van der Waals surface area contributed by atoms with Gasteiger partial charge in [-0.25, -0.2) is 9.59 Å². The summed E-state index contributed by atoms with van der Waals surface area (Å²) >= 11 is 1.32. The number of hydrogen-bond acceptors (Lipinski definition) is 5. The minimum atomic E-state index is -1.64. The molecule has 6 nitrogen and oxygen atoms in total. The summed E-state index contributed by atoms with van der Waals surface area (Å²) < 4.78 is 4.98. The van der Waals surface area contributed by atoms with Crippen molar-refractivity contribution in [2.75, 3.05) is 12.0 Å². The van der Waals surface area contributed by atoms with Crippen molar-refractivity contribution in [2.24, 2.45) is 0 Å². The molecule has 0 saturated carbocycles. The lowest BCUT2D eigenvalue weighted by molar-refractivity contribution is -0.147. The van der Waals surface area contributed by atoms with Gasteiger partial charge in [0, 0.05) is 5.75 Å². The molecule has 17 heavy (non-hydrogen) atoms. The van der Waals surface area contributed by atoms with Gasteiger partial charge in [-0.05, 0) is 27.0 Å². The average Bonchev–Trinajstić information content (AvgIpc) is 2.12. The van der Waals surface area contributed by atoms with E-state index < -0.39 is 29.8 Å². The van der Waals surface area contributed by atoms with E-state index in [1.54, 1.807) is 27.0 Å². The standard InChI is InChI=1S/C10H19NO5S/c1-10(2,3)16-9(15)11-6(5-17-4)7(12)8(13)14/h6-7,12H,5H2,1-4H3,(H,11,15)(H,13,14)/t6-,7?/m0/s1. The highest BCUT2D eigenvalue weighted by Gasteiger charge is 2.28. The number of alkyl carbamates (subject to hydrolysis) is 1. The topological polar surface area (TPSA) is 95.9 Å². The van der Waals surface area contributed by atoms with E-state index in [9.17, 15) is 14.7 Å². The normalized spacial score (nSPS) is 14.9. The number of rotatable bonds is 5. The maximum atomic E-state index is 11.4. The first kappa shape index (κ1) is 16.1. The maximum absolute atomic E-state index is 11.4. The van der Waals surface area contributed by atoms with Gasteiger partial charge >= 0.3 is 12.1 Å². The number of carboxylic acids is 1. The van der Waals surface area contributed by atoms with Crippen LogP contribution in [0.1, 0.15) is 20.8 Å². The molecule has 0 rings (SSSR count). The number of carboxylic acid groups (broad SMARTS) is 1. The van der Waals surface area contributed by atoms with E-state index >= 15 is 0 Å². The molecule has 100 valence electrons. The summed E-state index contributed by atoms with van der Waals surface area (Å²) in [4.78, 5) is 22.1. The second-order valence-electron chi connectivity index (χ2n) is 4.49. The van der Waals surface area contributed by atoms with Crippen molar-refractivity contribution in [3.05, 3.63) is 0 Å². The molecule has 0 aliphatic carbocycles. The number of nitrogens with one attached hydrogen (secondary N) is 1. The zero-order valence-electron chi connectivity index (χ0n) is 10.4. The van der Waals surface area contributed by atoms with E-state index in [1.807, 2.05) is 0 Å². The third kappa shape index (κ3) is 7.06. The van der Waals surface area contributed by atoms with Gasteiger partial charge in [-0.3, -0.25) is 0 Å². The molecule has 2 atom stereocenters. The second-order valence-corrected chi connectivity index (χ2v) is 5.40. The van der Waals surface area contributed by atoms with Gasteiger partial charge in [-0.15, -0.1) is 0 Å². The summed E-state index contributed by atoms with van der Waals surface area (Å²) in [5.41, 5.74) is -0.665. The quantitative estimate of drug-likeness (QED) is 0.677. The van der Waals surface area contributed by atoms with E-state index in [2.05, 4.69) is 5.32 Å². The number of amides is 1. The van der Waals surface area contributed by atoms with Gasteiger partial charge in [0.2, 0.25) is 0 Å². The molecule has 0 aromatic carbocycles. The first-order chi connectivity index (χ1) is 7.67. The molecule has 7 heteroatoms. The zero-order valence-corrected chi connectivity index (χ0v) is 11.2. The smallest absolute Gasteiger partial charge is 0.408 e. The van der Waals surface area contributed by atoms with Gasteiger partial charge in [-0.1, -0.05) is 0 Å². The monoisotopic (exact) mass is 265 g/mol. The molecule has 0 radical (unpaired) electrons. The molecule has 0 aromatic rings. The highest BCUT2D eigenvalue weighted by molar-refractivity contribution is 7.98. The molecule has 1 unspecified atom stereocenters. The summed E-state index contributed by atoms with van der Waals surface area (Å²) in [7, 11) is 0. The Hall–Kier alpha value is -0.950. The van der Waals surface area contributed by atoms with E-state index in [1.165, 1.54) is 11.8 Å². The van der Waals surface area contributed by atoms with Crippen LogP contribution in [0.2, 0.25) is 0 Å². The number of carbonyl (C=O) groups is 2. The molecule has 0 saturated heterocycles. The Morgan fingerprint density at radius 3 is 2.29 bits per heavy atom. The third-order valence-corrected chi connectivity index (χ3v) is 2.37. The molecule has 3 N–H and O–H groups in total. The number of ether oxygens (including phenoxy) is 1. The fourth-order valence-electron chi connectivity index (χ4n) is 1.02. The van der Waals surface area contributed by atoms with Crippen molar-refractivity contribution < 1.29 is 24.5 Å². The van der Waals surface area contributed by atoms with E-state index in [0.29, 0.717) is 0 Å². The Bertz CT molecular complexity index is 276. The Labute approximate surface area is 105 Å². The van der Waals surface area contributed by atoms with Crippen LogP contribution >= 0.6 is 11.8 Å². The Kier molecular flexibility index (Phi) is 6.33. The Morgan fingerprint density at radius 2 is 1.94 bits per heavy atom. The van der Waals surface area contributed by atoms with Gasteiger partial charge in [-0.2, -0.15) is 11.8 Å². The van der Waals surface area contributed by atoms with Crippen molar-refractivity contribution in [3.63, 3.8) is 0 Å². The molecule has 0 aliphatic heterocycles. The van der Waals surface area contributed by atoms with Crippen LogP contribution in [0.15, 0.2) is 0 Å². The van der Waals surface area contributed by atoms with Crippen LogP contribution in [0.5, 0.6) is 0 Å². The Balaban J connectivity index is 4.44. The van der Waals surface area contributed by atoms with Crippen LogP contribution in [-0.2, 0) is 9.53 Å². The van der Waals surface area contributed by atoms with Crippen LogP contribution in [-0.4, -0.2) is 52.0 Å². The first-order valence-corrected chi connectivity index (χ1v) is 6.46. The number of aliphatic carboxylic acids is 1. The van der Waals surface area contributed by atoms with Gasteiger partial charge < -0.3 is 20.3 Å². The minimum absolute atomic E-state index is 0.284. The summed E-state index contributed by atoms with van der Waals surface area (Å²) in [5.74, 6) is -1.09. The second kappa shape index (κ2) is 6.70. The van der Waals surface area contributed by atoms with Crippen LogP contribution < -0.4 is 5.32 Å². The lowest BCUT2D eigenvalue weighted by Crippen LogP contribution is -2.49. The lowest BCUT2D eigenvalue weighted by atomic mass is 10.2. The molecule has 0 fully saturated rings. The van der Waals surface area contributed by atoms with Crippen LogP contribution in [0.25, 0.3) is 0 Å². The number of aliphatic hydroxyl groups excluding tert-OH is 1. The predicted molar refractivity (Wildman–Crippen MR) is 65.2 cm³/mol. The van der Waals surface area contributed by atoms with Crippen molar-refractivity contribution in [3.8, 4) is 0 Å².